The van der Waals surface area contributed by atoms with Crippen molar-refractivity contribution in [3.63, 3.8) is 0 Å². The summed E-state index contributed by atoms with van der Waals surface area (Å²) >= 11 is 0. The lowest BCUT2D eigenvalue weighted by atomic mass is 10.2. The van der Waals surface area contributed by atoms with Crippen LogP contribution >= 0.6 is 0 Å². The third kappa shape index (κ3) is 7.01. The second kappa shape index (κ2) is 10.9. The molecule has 0 aliphatic rings. The molecule has 2 rings (SSSR count). The van der Waals surface area contributed by atoms with Gasteiger partial charge in [-0.05, 0) is 43.7 Å². The molecule has 0 aliphatic carbocycles. The van der Waals surface area contributed by atoms with E-state index in [4.69, 9.17) is 4.74 Å². The fraction of sp³-hybridized carbons (Fsp3) is 0.333. The Hall–Kier alpha value is -3.02. The highest BCUT2D eigenvalue weighted by Gasteiger charge is 2.08. The average molecular weight is 369 g/mol. The van der Waals surface area contributed by atoms with Crippen molar-refractivity contribution in [3.05, 3.63) is 54.1 Å². The van der Waals surface area contributed by atoms with Gasteiger partial charge >= 0.3 is 0 Å². The highest BCUT2D eigenvalue weighted by molar-refractivity contribution is 5.98. The van der Waals surface area contributed by atoms with Crippen molar-refractivity contribution in [1.82, 2.24) is 5.32 Å². The van der Waals surface area contributed by atoms with E-state index in [1.165, 1.54) is 0 Å². The van der Waals surface area contributed by atoms with E-state index in [1.807, 2.05) is 31.2 Å². The van der Waals surface area contributed by atoms with Gasteiger partial charge in [0.05, 0.1) is 13.2 Å². The van der Waals surface area contributed by atoms with Gasteiger partial charge in [-0.25, -0.2) is 0 Å². The van der Waals surface area contributed by atoms with Crippen molar-refractivity contribution in [1.29, 1.82) is 0 Å². The van der Waals surface area contributed by atoms with Gasteiger partial charge in [-0.2, -0.15) is 0 Å². The van der Waals surface area contributed by atoms with E-state index < -0.39 is 0 Å². The van der Waals surface area contributed by atoms with Gasteiger partial charge in [0.1, 0.15) is 5.75 Å². The van der Waals surface area contributed by atoms with Crippen LogP contribution in [-0.2, 0) is 4.79 Å². The minimum absolute atomic E-state index is 0.114. The average Bonchev–Trinajstić information content (AvgIpc) is 2.67. The zero-order valence-corrected chi connectivity index (χ0v) is 15.9. The molecule has 0 aliphatic heterocycles. The van der Waals surface area contributed by atoms with Gasteiger partial charge in [0.25, 0.3) is 5.91 Å². The maximum atomic E-state index is 12.2. The summed E-state index contributed by atoms with van der Waals surface area (Å²) < 4.78 is 5.44. The first-order valence-corrected chi connectivity index (χ1v) is 9.27. The molecule has 2 amide bonds. The zero-order valence-electron chi connectivity index (χ0n) is 15.9. The zero-order chi connectivity index (χ0) is 19.5. The Balaban J connectivity index is 1.87. The van der Waals surface area contributed by atoms with Crippen molar-refractivity contribution in [2.75, 3.05) is 30.3 Å². The van der Waals surface area contributed by atoms with Crippen LogP contribution in [0, 0.1) is 0 Å². The number of nitrogens with one attached hydrogen (secondary N) is 3. The van der Waals surface area contributed by atoms with E-state index >= 15 is 0 Å². The number of rotatable bonds is 10. The molecule has 27 heavy (non-hydrogen) atoms. The van der Waals surface area contributed by atoms with E-state index in [-0.39, 0.29) is 18.4 Å². The van der Waals surface area contributed by atoms with E-state index in [0.29, 0.717) is 24.4 Å². The monoisotopic (exact) mass is 369 g/mol. The van der Waals surface area contributed by atoms with Crippen molar-refractivity contribution in [2.24, 2.45) is 0 Å². The number of hydrogen-bond acceptors (Lipinski definition) is 4. The number of ether oxygens (including phenoxy) is 1. The molecule has 2 aromatic carbocycles. The minimum Gasteiger partial charge on any atom is -0.494 e. The predicted octanol–water partition coefficient (Wildman–Crippen LogP) is 3.67. The molecule has 0 saturated carbocycles. The lowest BCUT2D eigenvalue weighted by Crippen LogP contribution is -2.25. The van der Waals surface area contributed by atoms with Crippen LogP contribution in [0.1, 0.15) is 37.0 Å². The minimum atomic E-state index is -0.194. The van der Waals surface area contributed by atoms with Gasteiger partial charge in [0.15, 0.2) is 0 Å². The van der Waals surface area contributed by atoms with E-state index in [2.05, 4.69) is 22.9 Å². The van der Waals surface area contributed by atoms with E-state index in [0.717, 1.165) is 24.3 Å². The SMILES string of the molecule is CCCCNC(=O)c1cccc(NC(=O)CNc2cccc(OCC)c2)c1. The maximum absolute atomic E-state index is 12.2. The lowest BCUT2D eigenvalue weighted by molar-refractivity contribution is -0.114. The van der Waals surface area contributed by atoms with Gasteiger partial charge in [-0.1, -0.05) is 25.5 Å². The van der Waals surface area contributed by atoms with Crippen LogP contribution in [0.4, 0.5) is 11.4 Å². The summed E-state index contributed by atoms with van der Waals surface area (Å²) in [6.45, 7) is 5.35. The number of hydrogen-bond donors (Lipinski definition) is 3. The fourth-order valence-corrected chi connectivity index (χ4v) is 2.47. The topological polar surface area (TPSA) is 79.5 Å². The van der Waals surface area contributed by atoms with Gasteiger partial charge < -0.3 is 20.7 Å². The normalized spacial score (nSPS) is 10.1. The Morgan fingerprint density at radius 3 is 2.56 bits per heavy atom. The van der Waals surface area contributed by atoms with Crippen molar-refractivity contribution < 1.29 is 14.3 Å². The first-order valence-electron chi connectivity index (χ1n) is 9.27. The van der Waals surface area contributed by atoms with Crippen LogP contribution in [0.25, 0.3) is 0 Å². The number of unbranched alkanes of at least 4 members (excludes halogenated alkanes) is 1. The molecule has 0 atom stereocenters. The van der Waals surface area contributed by atoms with E-state index in [1.54, 1.807) is 24.3 Å². The first-order chi connectivity index (χ1) is 13.1. The Morgan fingerprint density at radius 2 is 1.78 bits per heavy atom. The van der Waals surface area contributed by atoms with Crippen LogP contribution in [0.5, 0.6) is 5.75 Å². The standard InChI is InChI=1S/C21H27N3O3/c1-3-5-12-22-21(26)16-8-6-10-18(13-16)24-20(25)15-23-17-9-7-11-19(14-17)27-4-2/h6-11,13-14,23H,3-5,12,15H2,1-2H3,(H,22,26)(H,24,25). The quantitative estimate of drug-likeness (QED) is 0.558. The second-order valence-electron chi connectivity index (χ2n) is 6.05. The van der Waals surface area contributed by atoms with Crippen LogP contribution < -0.4 is 20.7 Å². The molecule has 0 fully saturated rings. The molecular formula is C21H27N3O3. The number of amides is 2. The molecule has 0 aromatic heterocycles. The summed E-state index contributed by atoms with van der Waals surface area (Å²) in [7, 11) is 0. The summed E-state index contributed by atoms with van der Waals surface area (Å²) in [5.74, 6) is 0.426. The maximum Gasteiger partial charge on any atom is 0.251 e. The Morgan fingerprint density at radius 1 is 1.00 bits per heavy atom. The third-order valence-corrected chi connectivity index (χ3v) is 3.82. The molecule has 3 N–H and O–H groups in total. The van der Waals surface area contributed by atoms with Crippen molar-refractivity contribution in [2.45, 2.75) is 26.7 Å². The molecule has 0 unspecified atom stereocenters. The molecule has 0 bridgehead atoms. The number of anilines is 2. The smallest absolute Gasteiger partial charge is 0.251 e. The molecule has 2 aromatic rings. The highest BCUT2D eigenvalue weighted by Crippen LogP contribution is 2.17. The Bertz CT molecular complexity index is 762. The summed E-state index contributed by atoms with van der Waals surface area (Å²) in [4.78, 5) is 24.3. The summed E-state index contributed by atoms with van der Waals surface area (Å²) in [6.07, 6.45) is 1.97. The molecule has 0 heterocycles. The van der Waals surface area contributed by atoms with Crippen molar-refractivity contribution in [3.8, 4) is 5.75 Å². The summed E-state index contributed by atoms with van der Waals surface area (Å²) in [6, 6.07) is 14.4. The number of carbonyl (C=O) groups is 2. The molecule has 6 heteroatoms. The van der Waals surface area contributed by atoms with Gasteiger partial charge in [-0.15, -0.1) is 0 Å². The largest absolute Gasteiger partial charge is 0.494 e. The Kier molecular flexibility index (Phi) is 8.16. The second-order valence-corrected chi connectivity index (χ2v) is 6.05. The van der Waals surface area contributed by atoms with E-state index in [9.17, 15) is 9.59 Å². The van der Waals surface area contributed by atoms with Crippen LogP contribution in [-0.4, -0.2) is 31.5 Å². The highest BCUT2D eigenvalue weighted by atomic mass is 16.5. The molecule has 6 nitrogen and oxygen atoms in total. The van der Waals surface area contributed by atoms with Gasteiger partial charge in [0, 0.05) is 29.5 Å². The molecule has 0 saturated heterocycles. The number of carbonyl (C=O) groups excluding carboxylic acids is 2. The van der Waals surface area contributed by atoms with Crippen LogP contribution in [0.2, 0.25) is 0 Å². The first kappa shape index (κ1) is 20.3. The van der Waals surface area contributed by atoms with Gasteiger partial charge in [0.2, 0.25) is 5.91 Å². The third-order valence-electron chi connectivity index (χ3n) is 3.82. The van der Waals surface area contributed by atoms with Crippen LogP contribution in [0.15, 0.2) is 48.5 Å². The fourth-order valence-electron chi connectivity index (χ4n) is 2.47. The molecule has 144 valence electrons. The predicted molar refractivity (Wildman–Crippen MR) is 108 cm³/mol. The summed E-state index contributed by atoms with van der Waals surface area (Å²) in [5.41, 5.74) is 1.93. The molecule has 0 radical (unpaired) electrons. The Labute approximate surface area is 160 Å². The summed E-state index contributed by atoms with van der Waals surface area (Å²) in [5, 5.41) is 8.73. The van der Waals surface area contributed by atoms with Crippen LogP contribution in [0.3, 0.4) is 0 Å². The molecule has 0 spiro atoms. The lowest BCUT2D eigenvalue weighted by Gasteiger charge is -2.10. The van der Waals surface area contributed by atoms with Gasteiger partial charge in [-0.3, -0.25) is 9.59 Å². The van der Waals surface area contributed by atoms with Crippen molar-refractivity contribution >= 4 is 23.2 Å². The molecular weight excluding hydrogens is 342 g/mol. The number of benzene rings is 2.